The Kier molecular flexibility index (Phi) is 3.19. The summed E-state index contributed by atoms with van der Waals surface area (Å²) in [6.45, 7) is 2.32. The first-order chi connectivity index (χ1) is 8.34. The van der Waals surface area contributed by atoms with Crippen molar-refractivity contribution >= 4 is 0 Å². The number of piperidine rings is 1. The van der Waals surface area contributed by atoms with Crippen LogP contribution >= 0.6 is 0 Å². The lowest BCUT2D eigenvalue weighted by atomic mass is 9.87. The molecule has 0 amide bonds. The Balaban J connectivity index is 1.86. The summed E-state index contributed by atoms with van der Waals surface area (Å²) < 4.78 is 2.03. The number of aromatic nitrogens is 2. The van der Waals surface area contributed by atoms with Gasteiger partial charge in [0.05, 0.1) is 5.69 Å². The minimum Gasteiger partial charge on any atom is -0.317 e. The summed E-state index contributed by atoms with van der Waals surface area (Å²) in [6, 6.07) is 0. The first-order valence-corrected chi connectivity index (χ1v) is 7.09. The van der Waals surface area contributed by atoms with E-state index < -0.39 is 0 Å². The van der Waals surface area contributed by atoms with Crippen molar-refractivity contribution in [3.05, 3.63) is 17.5 Å². The molecule has 3 nitrogen and oxygen atoms in total. The number of hydrogen-bond acceptors (Lipinski definition) is 2. The van der Waals surface area contributed by atoms with E-state index in [1.165, 1.54) is 44.2 Å². The van der Waals surface area contributed by atoms with Crippen LogP contribution in [-0.4, -0.2) is 22.9 Å². The second-order valence-corrected chi connectivity index (χ2v) is 5.65. The van der Waals surface area contributed by atoms with E-state index in [0.717, 1.165) is 19.0 Å². The van der Waals surface area contributed by atoms with Gasteiger partial charge in [0.1, 0.15) is 0 Å². The van der Waals surface area contributed by atoms with E-state index in [-0.39, 0.29) is 0 Å². The normalized spacial score (nSPS) is 23.4. The number of nitrogens with zero attached hydrogens (tertiary/aromatic N) is 2. The van der Waals surface area contributed by atoms with Gasteiger partial charge in [-0.2, -0.15) is 5.10 Å². The third-order valence-electron chi connectivity index (χ3n) is 4.41. The van der Waals surface area contributed by atoms with Gasteiger partial charge >= 0.3 is 0 Å². The average Bonchev–Trinajstić information content (AvgIpc) is 2.98. The molecule has 0 aromatic carbocycles. The van der Waals surface area contributed by atoms with Crippen molar-refractivity contribution in [2.24, 2.45) is 7.05 Å². The molecule has 1 aliphatic heterocycles. The van der Waals surface area contributed by atoms with Crippen LogP contribution in [0.5, 0.6) is 0 Å². The SMILES string of the molecule is Cn1cc(C2CCCC2)c(C2CCNCC2)n1. The van der Waals surface area contributed by atoms with Crippen LogP contribution in [0.25, 0.3) is 0 Å². The van der Waals surface area contributed by atoms with Crippen molar-refractivity contribution in [3.8, 4) is 0 Å². The lowest BCUT2D eigenvalue weighted by molar-refractivity contribution is 0.446. The van der Waals surface area contributed by atoms with Crippen LogP contribution in [-0.2, 0) is 7.05 Å². The summed E-state index contributed by atoms with van der Waals surface area (Å²) in [5.74, 6) is 1.50. The molecule has 1 aromatic heterocycles. The van der Waals surface area contributed by atoms with E-state index in [2.05, 4.69) is 18.6 Å². The van der Waals surface area contributed by atoms with E-state index >= 15 is 0 Å². The molecule has 0 unspecified atom stereocenters. The summed E-state index contributed by atoms with van der Waals surface area (Å²) in [5.41, 5.74) is 2.98. The van der Waals surface area contributed by atoms with Gasteiger partial charge < -0.3 is 5.32 Å². The second-order valence-electron chi connectivity index (χ2n) is 5.65. The van der Waals surface area contributed by atoms with E-state index in [4.69, 9.17) is 5.10 Å². The topological polar surface area (TPSA) is 29.9 Å². The van der Waals surface area contributed by atoms with Crippen molar-refractivity contribution in [1.29, 1.82) is 0 Å². The summed E-state index contributed by atoms with van der Waals surface area (Å²) in [4.78, 5) is 0. The summed E-state index contributed by atoms with van der Waals surface area (Å²) in [6.07, 6.45) is 10.4. The van der Waals surface area contributed by atoms with Gasteiger partial charge in [-0.3, -0.25) is 4.68 Å². The number of nitrogens with one attached hydrogen (secondary N) is 1. The minimum atomic E-state index is 0.702. The van der Waals surface area contributed by atoms with Crippen LogP contribution < -0.4 is 5.32 Å². The Morgan fingerprint density at radius 1 is 1.12 bits per heavy atom. The van der Waals surface area contributed by atoms with Crippen molar-refractivity contribution in [2.45, 2.75) is 50.4 Å². The fraction of sp³-hybridized carbons (Fsp3) is 0.786. The van der Waals surface area contributed by atoms with Gasteiger partial charge in [-0.1, -0.05) is 12.8 Å². The van der Waals surface area contributed by atoms with Gasteiger partial charge in [-0.25, -0.2) is 0 Å². The maximum atomic E-state index is 4.77. The Morgan fingerprint density at radius 2 is 1.82 bits per heavy atom. The van der Waals surface area contributed by atoms with E-state index in [9.17, 15) is 0 Å². The van der Waals surface area contributed by atoms with E-state index in [0.29, 0.717) is 5.92 Å². The molecule has 2 heterocycles. The van der Waals surface area contributed by atoms with Crippen LogP contribution in [0.4, 0.5) is 0 Å². The molecule has 2 aliphatic rings. The lowest BCUT2D eigenvalue weighted by Gasteiger charge is -2.23. The molecule has 94 valence electrons. The fourth-order valence-corrected chi connectivity index (χ4v) is 3.49. The monoisotopic (exact) mass is 233 g/mol. The van der Waals surface area contributed by atoms with Crippen molar-refractivity contribution in [3.63, 3.8) is 0 Å². The van der Waals surface area contributed by atoms with Gasteiger partial charge in [-0.15, -0.1) is 0 Å². The zero-order valence-corrected chi connectivity index (χ0v) is 10.8. The molecule has 0 bridgehead atoms. The highest BCUT2D eigenvalue weighted by Crippen LogP contribution is 2.39. The Labute approximate surface area is 104 Å². The molecule has 1 saturated carbocycles. The smallest absolute Gasteiger partial charge is 0.0691 e. The highest BCUT2D eigenvalue weighted by atomic mass is 15.3. The predicted octanol–water partition coefficient (Wildman–Crippen LogP) is 2.54. The maximum absolute atomic E-state index is 4.77. The Morgan fingerprint density at radius 3 is 2.53 bits per heavy atom. The van der Waals surface area contributed by atoms with Crippen LogP contribution in [0.1, 0.15) is 61.6 Å². The van der Waals surface area contributed by atoms with E-state index in [1.807, 2.05) is 4.68 Å². The molecule has 3 heteroatoms. The molecule has 0 atom stereocenters. The largest absolute Gasteiger partial charge is 0.317 e. The van der Waals surface area contributed by atoms with Crippen LogP contribution in [0, 0.1) is 0 Å². The number of aryl methyl sites for hydroxylation is 1. The van der Waals surface area contributed by atoms with Gasteiger partial charge in [-0.05, 0) is 50.3 Å². The summed E-state index contributed by atoms with van der Waals surface area (Å²) >= 11 is 0. The molecular weight excluding hydrogens is 210 g/mol. The standard InChI is InChI=1S/C14H23N3/c1-17-10-13(11-4-2-3-5-11)14(16-17)12-6-8-15-9-7-12/h10-12,15H,2-9H2,1H3. The van der Waals surface area contributed by atoms with E-state index in [1.54, 1.807) is 5.56 Å². The molecule has 1 saturated heterocycles. The highest BCUT2D eigenvalue weighted by Gasteiger charge is 2.27. The third kappa shape index (κ3) is 2.25. The molecule has 0 radical (unpaired) electrons. The molecule has 17 heavy (non-hydrogen) atoms. The lowest BCUT2D eigenvalue weighted by Crippen LogP contribution is -2.27. The zero-order valence-electron chi connectivity index (χ0n) is 10.8. The Hall–Kier alpha value is -0.830. The summed E-state index contributed by atoms with van der Waals surface area (Å²) in [7, 11) is 2.07. The predicted molar refractivity (Wildman–Crippen MR) is 69.3 cm³/mol. The molecule has 1 aliphatic carbocycles. The number of hydrogen-bond donors (Lipinski definition) is 1. The molecule has 1 aromatic rings. The van der Waals surface area contributed by atoms with Crippen molar-refractivity contribution in [2.75, 3.05) is 13.1 Å². The Bertz CT molecular complexity index is 371. The van der Waals surface area contributed by atoms with Crippen molar-refractivity contribution in [1.82, 2.24) is 15.1 Å². The third-order valence-corrected chi connectivity index (χ3v) is 4.41. The number of rotatable bonds is 2. The summed E-state index contributed by atoms with van der Waals surface area (Å²) in [5, 5.41) is 8.21. The molecule has 0 spiro atoms. The molecule has 3 rings (SSSR count). The highest BCUT2D eigenvalue weighted by molar-refractivity contribution is 5.26. The minimum absolute atomic E-state index is 0.702. The average molecular weight is 233 g/mol. The molecule has 1 N–H and O–H groups in total. The van der Waals surface area contributed by atoms with Crippen molar-refractivity contribution < 1.29 is 0 Å². The fourth-order valence-electron chi connectivity index (χ4n) is 3.49. The van der Waals surface area contributed by atoms with Gasteiger partial charge in [0.15, 0.2) is 0 Å². The zero-order chi connectivity index (χ0) is 11.7. The maximum Gasteiger partial charge on any atom is 0.0691 e. The quantitative estimate of drug-likeness (QED) is 0.850. The van der Waals surface area contributed by atoms with Crippen LogP contribution in [0.3, 0.4) is 0 Å². The first kappa shape index (κ1) is 11.3. The van der Waals surface area contributed by atoms with Gasteiger partial charge in [0, 0.05) is 19.2 Å². The van der Waals surface area contributed by atoms with Crippen LogP contribution in [0.15, 0.2) is 6.20 Å². The first-order valence-electron chi connectivity index (χ1n) is 7.09. The van der Waals surface area contributed by atoms with Gasteiger partial charge in [0.2, 0.25) is 0 Å². The second kappa shape index (κ2) is 4.81. The van der Waals surface area contributed by atoms with Crippen LogP contribution in [0.2, 0.25) is 0 Å². The molecular formula is C14H23N3. The molecule has 2 fully saturated rings. The van der Waals surface area contributed by atoms with Gasteiger partial charge in [0.25, 0.3) is 0 Å².